The van der Waals surface area contributed by atoms with Gasteiger partial charge in [0.25, 0.3) is 0 Å². The number of benzene rings is 3. The molecule has 2 saturated heterocycles. The summed E-state index contributed by atoms with van der Waals surface area (Å²) in [7, 11) is 2.59. The van der Waals surface area contributed by atoms with Gasteiger partial charge in [0.1, 0.15) is 23.7 Å². The van der Waals surface area contributed by atoms with Gasteiger partial charge in [-0.3, -0.25) is 9.59 Å². The number of aromatic nitrogens is 5. The highest BCUT2D eigenvalue weighted by molar-refractivity contribution is 6.02. The molecule has 3 aromatic carbocycles. The van der Waals surface area contributed by atoms with Gasteiger partial charge < -0.3 is 44.4 Å². The lowest BCUT2D eigenvalue weighted by atomic mass is 9.73. The molecule has 0 bridgehead atoms. The Kier molecular flexibility index (Phi) is 11.3. The van der Waals surface area contributed by atoms with Crippen LogP contribution in [0.15, 0.2) is 59.4 Å². The first kappa shape index (κ1) is 43.2. The summed E-state index contributed by atoms with van der Waals surface area (Å²) in [6.45, 7) is 8.80. The third kappa shape index (κ3) is 7.43. The molecule has 16 nitrogen and oxygen atoms in total. The van der Waals surface area contributed by atoms with Gasteiger partial charge in [0.15, 0.2) is 5.58 Å². The summed E-state index contributed by atoms with van der Waals surface area (Å²) in [5, 5.41) is 10.7. The summed E-state index contributed by atoms with van der Waals surface area (Å²) in [5.41, 5.74) is 11.4. The Hall–Kier alpha value is -6.71. The number of nitrogens with zero attached hydrogens (tertiary/aromatic N) is 5. The Morgan fingerprint density at radius 1 is 0.742 bits per heavy atom. The number of hydrogen-bond donors (Lipinski definition) is 4. The lowest BCUT2D eigenvalue weighted by molar-refractivity contribution is -0.136. The smallest absolute Gasteiger partial charge is 0.407 e. The molecule has 6 atom stereocenters. The van der Waals surface area contributed by atoms with Crippen molar-refractivity contribution in [3.63, 3.8) is 0 Å². The van der Waals surface area contributed by atoms with Crippen LogP contribution in [0.3, 0.4) is 0 Å². The van der Waals surface area contributed by atoms with E-state index in [2.05, 4.69) is 68.2 Å². The minimum Gasteiger partial charge on any atom is -0.453 e. The number of imidazole rings is 2. The van der Waals surface area contributed by atoms with Crippen LogP contribution in [0.25, 0.3) is 55.5 Å². The van der Waals surface area contributed by atoms with Gasteiger partial charge >= 0.3 is 12.2 Å². The third-order valence-electron chi connectivity index (χ3n) is 14.6. The van der Waals surface area contributed by atoms with Crippen LogP contribution in [-0.2, 0) is 25.5 Å². The molecule has 1 saturated carbocycles. The Labute approximate surface area is 382 Å². The van der Waals surface area contributed by atoms with Crippen LogP contribution < -0.4 is 10.6 Å². The summed E-state index contributed by atoms with van der Waals surface area (Å²) < 4.78 is 15.6. The number of ether oxygens (including phenoxy) is 2. The molecule has 3 aromatic heterocycles. The number of amides is 4. The molecule has 3 fully saturated rings. The standard InChI is InChI=1S/C50H57N9O7/c1-25(2)42(56-49(62)64-5)47(60)58-19-7-9-39(58)45-51-24-38(55-45)33-17-16-32(35-23-52-66-44(33)35)31-15-14-30(41-29-13-11-27(29)21-34(31)41)28-12-18-36-37(22-28)54-46(53-36)40-10-8-20-59(40)48(61)43(26(3)4)57-50(63)65-6/h12,14-18,22-27,29,39-40,42-43H,7-11,13,19-21H2,1-6H3,(H,51,55)(H,53,54)(H,56,62)(H,57,63). The van der Waals surface area contributed by atoms with Crippen molar-refractivity contribution in [2.45, 2.75) is 103 Å². The lowest BCUT2D eigenvalue weighted by Gasteiger charge is -2.31. The molecule has 4 N–H and O–H groups in total. The molecule has 16 heteroatoms. The number of carbonyl (C=O) groups is 4. The first-order valence-corrected chi connectivity index (χ1v) is 23.3. The van der Waals surface area contributed by atoms with Gasteiger partial charge in [0.2, 0.25) is 11.8 Å². The molecule has 0 spiro atoms. The van der Waals surface area contributed by atoms with Crippen molar-refractivity contribution in [3.8, 4) is 33.5 Å². The largest absolute Gasteiger partial charge is 0.453 e. The second-order valence-electron chi connectivity index (χ2n) is 19.1. The van der Waals surface area contributed by atoms with Gasteiger partial charge in [-0.25, -0.2) is 19.6 Å². The van der Waals surface area contributed by atoms with Crippen LogP contribution in [-0.4, -0.2) is 98.3 Å². The zero-order valence-corrected chi connectivity index (χ0v) is 38.3. The van der Waals surface area contributed by atoms with E-state index in [1.54, 1.807) is 12.4 Å². The molecule has 2 aliphatic carbocycles. The van der Waals surface area contributed by atoms with Crippen molar-refractivity contribution in [3.05, 3.63) is 77.6 Å². The minimum atomic E-state index is -0.718. The van der Waals surface area contributed by atoms with E-state index in [-0.39, 0.29) is 35.7 Å². The molecule has 344 valence electrons. The number of hydrogen-bond acceptors (Lipinski definition) is 10. The van der Waals surface area contributed by atoms with Crippen LogP contribution in [0.2, 0.25) is 0 Å². The van der Waals surface area contributed by atoms with E-state index in [4.69, 9.17) is 24.0 Å². The summed E-state index contributed by atoms with van der Waals surface area (Å²) in [4.78, 5) is 72.4. The summed E-state index contributed by atoms with van der Waals surface area (Å²) >= 11 is 0. The summed E-state index contributed by atoms with van der Waals surface area (Å²) in [6.07, 6.45) is 8.91. The van der Waals surface area contributed by atoms with Crippen molar-refractivity contribution in [1.82, 2.24) is 45.5 Å². The van der Waals surface area contributed by atoms with Crippen molar-refractivity contribution in [2.24, 2.45) is 17.8 Å². The van der Waals surface area contributed by atoms with Crippen molar-refractivity contribution < 1.29 is 33.2 Å². The molecule has 10 rings (SSSR count). The number of likely N-dealkylation sites (tertiary alicyclic amines) is 2. The summed E-state index contributed by atoms with van der Waals surface area (Å²) in [5.74, 6) is 1.99. The van der Waals surface area contributed by atoms with Crippen LogP contribution in [0.4, 0.5) is 9.59 Å². The number of carbonyl (C=O) groups excluding carboxylic acids is 4. The topological polar surface area (TPSA) is 201 Å². The number of nitrogens with one attached hydrogen (secondary N) is 4. The number of aromatic amines is 2. The van der Waals surface area contributed by atoms with Crippen LogP contribution in [0.1, 0.15) is 107 Å². The number of fused-ring (bicyclic) bond motifs is 5. The molecular weight excluding hydrogens is 839 g/mol. The molecule has 6 unspecified atom stereocenters. The Bertz CT molecular complexity index is 2860. The van der Waals surface area contributed by atoms with Gasteiger partial charge in [0, 0.05) is 18.7 Å². The van der Waals surface area contributed by atoms with E-state index < -0.39 is 24.3 Å². The highest BCUT2D eigenvalue weighted by Gasteiger charge is 2.43. The van der Waals surface area contributed by atoms with Gasteiger partial charge in [-0.05, 0) is 120 Å². The molecule has 6 aromatic rings. The van der Waals surface area contributed by atoms with Gasteiger partial charge in [0.05, 0.1) is 60.8 Å². The highest BCUT2D eigenvalue weighted by atomic mass is 16.5. The molecule has 4 aliphatic rings. The fourth-order valence-corrected chi connectivity index (χ4v) is 11.1. The Morgan fingerprint density at radius 3 is 2.02 bits per heavy atom. The highest BCUT2D eigenvalue weighted by Crippen LogP contribution is 2.56. The first-order valence-electron chi connectivity index (χ1n) is 23.3. The van der Waals surface area contributed by atoms with E-state index in [1.807, 2.05) is 37.5 Å². The van der Waals surface area contributed by atoms with Crippen molar-refractivity contribution >= 4 is 46.0 Å². The van der Waals surface area contributed by atoms with Crippen LogP contribution in [0, 0.1) is 17.8 Å². The average molecular weight is 896 g/mol. The van der Waals surface area contributed by atoms with Crippen molar-refractivity contribution in [2.75, 3.05) is 27.3 Å². The fourth-order valence-electron chi connectivity index (χ4n) is 11.1. The normalized spacial score (nSPS) is 21.0. The fraction of sp³-hybridized carbons (Fsp3) is 0.460. The predicted molar refractivity (Wildman–Crippen MR) is 247 cm³/mol. The van der Waals surface area contributed by atoms with Gasteiger partial charge in [-0.15, -0.1) is 0 Å². The van der Waals surface area contributed by atoms with Crippen LogP contribution in [0.5, 0.6) is 0 Å². The molecule has 5 heterocycles. The predicted octanol–water partition coefficient (Wildman–Crippen LogP) is 8.57. The van der Waals surface area contributed by atoms with E-state index in [1.165, 1.54) is 42.9 Å². The number of rotatable bonds is 11. The SMILES string of the molecule is COC(=O)NC(C(=O)N1CCCC1c1ncc(-c2ccc(-c3ccc(-c4ccc5nc(C6CCCN6C(=O)C(NC(=O)OC)C(C)C)[nH]c5c4)c4c3CC3CCC43)c3cnoc23)[nH]1)C(C)C. The van der Waals surface area contributed by atoms with E-state index in [0.717, 1.165) is 83.2 Å². The van der Waals surface area contributed by atoms with E-state index >= 15 is 0 Å². The van der Waals surface area contributed by atoms with Gasteiger partial charge in [-0.1, -0.05) is 57.1 Å². The Balaban J connectivity index is 0.934. The van der Waals surface area contributed by atoms with E-state index in [0.29, 0.717) is 36.3 Å². The molecule has 4 amide bonds. The maximum atomic E-state index is 13.8. The lowest BCUT2D eigenvalue weighted by Crippen LogP contribution is -2.51. The third-order valence-corrected chi connectivity index (χ3v) is 14.6. The second-order valence-corrected chi connectivity index (χ2v) is 19.1. The van der Waals surface area contributed by atoms with Crippen molar-refractivity contribution in [1.29, 1.82) is 0 Å². The Morgan fingerprint density at radius 2 is 1.38 bits per heavy atom. The van der Waals surface area contributed by atoms with E-state index in [9.17, 15) is 19.2 Å². The molecule has 66 heavy (non-hydrogen) atoms. The molecule has 2 aliphatic heterocycles. The first-order chi connectivity index (χ1) is 31.9. The maximum absolute atomic E-state index is 13.8. The number of methoxy groups -OCH3 is 2. The zero-order chi connectivity index (χ0) is 46.0. The quantitative estimate of drug-likeness (QED) is 0.0977. The number of alkyl carbamates (subject to hydrolysis) is 2. The molecular formula is C50H57N9O7. The van der Waals surface area contributed by atoms with Gasteiger partial charge in [-0.2, -0.15) is 0 Å². The average Bonchev–Trinajstić information content (AvgIpc) is 4.17. The minimum absolute atomic E-state index is 0.115. The monoisotopic (exact) mass is 895 g/mol. The molecule has 0 radical (unpaired) electrons. The zero-order valence-electron chi connectivity index (χ0n) is 38.3. The maximum Gasteiger partial charge on any atom is 0.407 e. The summed E-state index contributed by atoms with van der Waals surface area (Å²) in [6, 6.07) is 13.3. The second kappa shape index (κ2) is 17.3. The number of H-pyrrole nitrogens is 2. The van der Waals surface area contributed by atoms with Crippen LogP contribution >= 0.6 is 0 Å².